The Hall–Kier alpha value is -1.66. The maximum Gasteiger partial charge on any atom is 0.219 e. The number of nitrogens with zero attached hydrogens (tertiary/aromatic N) is 2. The molecular weight excluding hydrogens is 320 g/mol. The summed E-state index contributed by atoms with van der Waals surface area (Å²) in [5.74, 6) is 7.38. The van der Waals surface area contributed by atoms with Crippen molar-refractivity contribution in [2.75, 3.05) is 5.43 Å². The van der Waals surface area contributed by atoms with Crippen molar-refractivity contribution in [3.63, 3.8) is 0 Å². The van der Waals surface area contributed by atoms with Crippen LogP contribution in [0.2, 0.25) is 0 Å². The third-order valence-corrected chi connectivity index (χ3v) is 3.21. The zero-order valence-corrected chi connectivity index (χ0v) is 13.0. The maximum atomic E-state index is 5.70. The van der Waals surface area contributed by atoms with Crippen LogP contribution in [0.1, 0.15) is 31.2 Å². The largest absolute Gasteiger partial charge is 0.473 e. The number of hydrazine groups is 1. The number of ether oxygens (including phenoxy) is 1. The predicted octanol–water partition coefficient (Wildman–Crippen LogP) is 3.23. The van der Waals surface area contributed by atoms with Gasteiger partial charge in [-0.1, -0.05) is 41.9 Å². The van der Waals surface area contributed by atoms with E-state index < -0.39 is 0 Å². The van der Waals surface area contributed by atoms with E-state index in [0.29, 0.717) is 24.1 Å². The van der Waals surface area contributed by atoms with Crippen molar-refractivity contribution in [1.29, 1.82) is 0 Å². The zero-order chi connectivity index (χ0) is 14.5. The van der Waals surface area contributed by atoms with Crippen LogP contribution in [0.4, 0.5) is 5.82 Å². The molecule has 0 bridgehead atoms. The number of rotatable bonds is 5. The maximum absolute atomic E-state index is 5.70. The summed E-state index contributed by atoms with van der Waals surface area (Å²) in [5, 5.41) is 0. The van der Waals surface area contributed by atoms with Crippen molar-refractivity contribution in [2.24, 2.45) is 5.84 Å². The lowest BCUT2D eigenvalue weighted by molar-refractivity contribution is 0.292. The smallest absolute Gasteiger partial charge is 0.219 e. The second-order valence-electron chi connectivity index (χ2n) is 4.66. The van der Waals surface area contributed by atoms with Gasteiger partial charge >= 0.3 is 0 Å². The van der Waals surface area contributed by atoms with Crippen LogP contribution in [0.15, 0.2) is 34.8 Å². The van der Waals surface area contributed by atoms with Gasteiger partial charge in [0.05, 0.1) is 0 Å². The molecule has 1 heterocycles. The Morgan fingerprint density at radius 2 is 1.95 bits per heavy atom. The van der Waals surface area contributed by atoms with Gasteiger partial charge in [0, 0.05) is 16.5 Å². The number of hydrogen-bond acceptors (Lipinski definition) is 5. The SMILES string of the molecule is CC(C)c1nc(NN)cc(OCc2ccc(Br)cc2)n1. The second kappa shape index (κ2) is 6.67. The van der Waals surface area contributed by atoms with Crippen molar-refractivity contribution < 1.29 is 4.74 Å². The fourth-order valence-electron chi connectivity index (χ4n) is 1.59. The van der Waals surface area contributed by atoms with Crippen LogP contribution in [0.25, 0.3) is 0 Å². The third-order valence-electron chi connectivity index (χ3n) is 2.68. The predicted molar refractivity (Wildman–Crippen MR) is 82.4 cm³/mol. The summed E-state index contributed by atoms with van der Waals surface area (Å²) in [6, 6.07) is 9.63. The molecule has 3 N–H and O–H groups in total. The molecule has 0 saturated heterocycles. The molecule has 106 valence electrons. The molecule has 5 nitrogen and oxygen atoms in total. The first-order valence-electron chi connectivity index (χ1n) is 6.31. The normalized spacial score (nSPS) is 10.7. The number of nitrogen functional groups attached to an aromatic ring is 1. The van der Waals surface area contributed by atoms with Crippen LogP contribution in [-0.4, -0.2) is 9.97 Å². The van der Waals surface area contributed by atoms with E-state index in [9.17, 15) is 0 Å². The molecule has 1 aromatic carbocycles. The molecule has 0 fully saturated rings. The number of hydrogen-bond donors (Lipinski definition) is 2. The molecule has 20 heavy (non-hydrogen) atoms. The minimum absolute atomic E-state index is 0.207. The molecule has 0 unspecified atom stereocenters. The van der Waals surface area contributed by atoms with Gasteiger partial charge in [0.15, 0.2) is 0 Å². The molecule has 2 rings (SSSR count). The molecule has 0 aliphatic heterocycles. The number of anilines is 1. The number of benzene rings is 1. The second-order valence-corrected chi connectivity index (χ2v) is 5.58. The Labute approximate surface area is 126 Å². The minimum atomic E-state index is 0.207. The van der Waals surface area contributed by atoms with Crippen LogP contribution >= 0.6 is 15.9 Å². The number of halogens is 1. The Morgan fingerprint density at radius 3 is 2.55 bits per heavy atom. The van der Waals surface area contributed by atoms with Gasteiger partial charge in [-0.25, -0.2) is 10.8 Å². The van der Waals surface area contributed by atoms with E-state index in [1.807, 2.05) is 38.1 Å². The van der Waals surface area contributed by atoms with Crippen LogP contribution in [0.3, 0.4) is 0 Å². The Morgan fingerprint density at radius 1 is 1.25 bits per heavy atom. The topological polar surface area (TPSA) is 73.1 Å². The first-order chi connectivity index (χ1) is 9.58. The van der Waals surface area contributed by atoms with Crippen molar-refractivity contribution in [3.8, 4) is 5.88 Å². The van der Waals surface area contributed by atoms with Crippen LogP contribution in [0, 0.1) is 0 Å². The third kappa shape index (κ3) is 3.91. The summed E-state index contributed by atoms with van der Waals surface area (Å²) in [4.78, 5) is 8.66. The summed E-state index contributed by atoms with van der Waals surface area (Å²) in [5.41, 5.74) is 3.60. The van der Waals surface area contributed by atoms with E-state index in [-0.39, 0.29) is 5.92 Å². The van der Waals surface area contributed by atoms with Crippen molar-refractivity contribution in [3.05, 3.63) is 46.2 Å². The molecule has 0 saturated carbocycles. The van der Waals surface area contributed by atoms with E-state index in [4.69, 9.17) is 10.6 Å². The average molecular weight is 337 g/mol. The standard InChI is InChI=1S/C14H17BrN4O/c1-9(2)14-17-12(19-16)7-13(18-14)20-8-10-3-5-11(15)6-4-10/h3-7,9H,8,16H2,1-2H3,(H,17,18,19). The average Bonchev–Trinajstić information content (AvgIpc) is 2.46. The summed E-state index contributed by atoms with van der Waals surface area (Å²) >= 11 is 3.40. The first kappa shape index (κ1) is 14.7. The molecule has 0 spiro atoms. The van der Waals surface area contributed by atoms with Crippen molar-refractivity contribution in [2.45, 2.75) is 26.4 Å². The summed E-state index contributed by atoms with van der Waals surface area (Å²) in [6.07, 6.45) is 0. The van der Waals surface area contributed by atoms with Gasteiger partial charge in [-0.05, 0) is 17.7 Å². The zero-order valence-electron chi connectivity index (χ0n) is 11.4. The fourth-order valence-corrected chi connectivity index (χ4v) is 1.85. The van der Waals surface area contributed by atoms with Gasteiger partial charge in [-0.2, -0.15) is 4.98 Å². The number of nitrogens with two attached hydrogens (primary N) is 1. The number of nitrogens with one attached hydrogen (secondary N) is 1. The summed E-state index contributed by atoms with van der Waals surface area (Å²) < 4.78 is 6.74. The molecule has 0 aliphatic rings. The molecule has 2 aromatic rings. The van der Waals surface area contributed by atoms with E-state index in [0.717, 1.165) is 10.0 Å². The van der Waals surface area contributed by atoms with Gasteiger partial charge in [-0.3, -0.25) is 0 Å². The highest BCUT2D eigenvalue weighted by atomic mass is 79.9. The first-order valence-corrected chi connectivity index (χ1v) is 7.10. The number of aromatic nitrogens is 2. The van der Waals surface area contributed by atoms with E-state index in [1.165, 1.54) is 0 Å². The van der Waals surface area contributed by atoms with Crippen LogP contribution < -0.4 is 16.0 Å². The lowest BCUT2D eigenvalue weighted by Crippen LogP contribution is -2.12. The van der Waals surface area contributed by atoms with Gasteiger partial charge in [0.1, 0.15) is 18.2 Å². The molecular formula is C14H17BrN4O. The van der Waals surface area contributed by atoms with E-state index in [1.54, 1.807) is 6.07 Å². The lowest BCUT2D eigenvalue weighted by Gasteiger charge is -2.11. The Balaban J connectivity index is 2.12. The molecule has 0 amide bonds. The molecule has 0 radical (unpaired) electrons. The van der Waals surface area contributed by atoms with Crippen LogP contribution in [-0.2, 0) is 6.61 Å². The monoisotopic (exact) mass is 336 g/mol. The summed E-state index contributed by atoms with van der Waals surface area (Å²) in [6.45, 7) is 4.49. The molecule has 0 atom stereocenters. The minimum Gasteiger partial charge on any atom is -0.473 e. The Kier molecular flexibility index (Phi) is 4.92. The van der Waals surface area contributed by atoms with Crippen LogP contribution in [0.5, 0.6) is 5.88 Å². The molecule has 1 aromatic heterocycles. The molecule has 6 heteroatoms. The quantitative estimate of drug-likeness (QED) is 0.647. The fraction of sp³-hybridized carbons (Fsp3) is 0.286. The van der Waals surface area contributed by atoms with Crippen molar-refractivity contribution in [1.82, 2.24) is 9.97 Å². The van der Waals surface area contributed by atoms with Gasteiger partial charge in [0.2, 0.25) is 5.88 Å². The highest BCUT2D eigenvalue weighted by Gasteiger charge is 2.08. The van der Waals surface area contributed by atoms with Gasteiger partial charge in [0.25, 0.3) is 0 Å². The summed E-state index contributed by atoms with van der Waals surface area (Å²) in [7, 11) is 0. The van der Waals surface area contributed by atoms with E-state index in [2.05, 4.69) is 31.3 Å². The molecule has 0 aliphatic carbocycles. The highest BCUT2D eigenvalue weighted by molar-refractivity contribution is 9.10. The Bertz CT molecular complexity index is 572. The van der Waals surface area contributed by atoms with Gasteiger partial charge < -0.3 is 10.2 Å². The highest BCUT2D eigenvalue weighted by Crippen LogP contribution is 2.19. The van der Waals surface area contributed by atoms with E-state index >= 15 is 0 Å². The van der Waals surface area contributed by atoms with Gasteiger partial charge in [-0.15, -0.1) is 0 Å². The van der Waals surface area contributed by atoms with Crippen molar-refractivity contribution >= 4 is 21.7 Å². The lowest BCUT2D eigenvalue weighted by atomic mass is 10.2.